The van der Waals surface area contributed by atoms with Crippen molar-refractivity contribution in [1.29, 1.82) is 0 Å². The molecule has 1 amide bonds. The molecule has 0 aliphatic carbocycles. The van der Waals surface area contributed by atoms with Gasteiger partial charge in [-0.3, -0.25) is 9.69 Å². The molecule has 0 spiro atoms. The minimum atomic E-state index is 0.224. The molecular formula is C13H25N3O. The fraction of sp³-hybridized carbons (Fsp3) is 0.923. The maximum atomic E-state index is 12.1. The van der Waals surface area contributed by atoms with Crippen LogP contribution in [-0.2, 0) is 4.79 Å². The molecule has 1 atom stereocenters. The second-order valence-corrected chi connectivity index (χ2v) is 5.92. The summed E-state index contributed by atoms with van der Waals surface area (Å²) in [5.41, 5.74) is 6.01. The number of nitrogens with zero attached hydrogens (tertiary/aromatic N) is 2. The number of hydrogen-bond donors (Lipinski definition) is 1. The smallest absolute Gasteiger partial charge is 0.236 e. The molecule has 0 aromatic heterocycles. The zero-order valence-corrected chi connectivity index (χ0v) is 11.0. The Morgan fingerprint density at radius 1 is 1.24 bits per heavy atom. The van der Waals surface area contributed by atoms with E-state index in [1.54, 1.807) is 0 Å². The predicted octanol–water partition coefficient (Wildman–Crippen LogP) is 0.670. The molecule has 2 N–H and O–H groups in total. The van der Waals surface area contributed by atoms with Crippen LogP contribution in [-0.4, -0.2) is 55.0 Å². The first-order chi connectivity index (χ1) is 8.13. The maximum absolute atomic E-state index is 12.1. The number of hydrogen-bond acceptors (Lipinski definition) is 3. The van der Waals surface area contributed by atoms with Gasteiger partial charge in [-0.05, 0) is 44.2 Å². The van der Waals surface area contributed by atoms with E-state index in [1.807, 2.05) is 4.90 Å². The summed E-state index contributed by atoms with van der Waals surface area (Å²) in [6.07, 6.45) is 4.74. The van der Waals surface area contributed by atoms with Crippen LogP contribution in [0.3, 0.4) is 0 Å². The van der Waals surface area contributed by atoms with E-state index in [4.69, 9.17) is 5.73 Å². The van der Waals surface area contributed by atoms with E-state index < -0.39 is 0 Å². The second-order valence-electron chi connectivity index (χ2n) is 5.92. The zero-order valence-electron chi connectivity index (χ0n) is 11.0. The van der Waals surface area contributed by atoms with Gasteiger partial charge in [0.25, 0.3) is 0 Å². The number of piperidine rings is 1. The molecule has 0 bridgehead atoms. The van der Waals surface area contributed by atoms with Crippen LogP contribution in [0.2, 0.25) is 0 Å². The fourth-order valence-corrected chi connectivity index (χ4v) is 2.86. The van der Waals surface area contributed by atoms with Crippen LogP contribution in [0.25, 0.3) is 0 Å². The van der Waals surface area contributed by atoms with Gasteiger partial charge in [0.15, 0.2) is 0 Å². The number of nitrogens with two attached hydrogens (primary N) is 1. The Bertz CT molecular complexity index is 276. The molecule has 0 radical (unpaired) electrons. The highest BCUT2D eigenvalue weighted by Crippen LogP contribution is 2.28. The highest BCUT2D eigenvalue weighted by molar-refractivity contribution is 5.78. The van der Waals surface area contributed by atoms with Gasteiger partial charge in [0.2, 0.25) is 5.91 Å². The van der Waals surface area contributed by atoms with Crippen LogP contribution in [0.5, 0.6) is 0 Å². The van der Waals surface area contributed by atoms with Crippen molar-refractivity contribution in [2.75, 3.05) is 39.3 Å². The molecule has 0 aromatic rings. The SMILES string of the molecule is CC1(CN)CCN(CC(=O)N2CCCCC2)C1. The van der Waals surface area contributed by atoms with Gasteiger partial charge in [0.1, 0.15) is 0 Å². The van der Waals surface area contributed by atoms with Crippen molar-refractivity contribution >= 4 is 5.91 Å². The average Bonchev–Trinajstić information content (AvgIpc) is 2.73. The van der Waals surface area contributed by atoms with Gasteiger partial charge >= 0.3 is 0 Å². The Morgan fingerprint density at radius 2 is 1.94 bits per heavy atom. The number of likely N-dealkylation sites (tertiary alicyclic amines) is 2. The Kier molecular flexibility index (Phi) is 4.05. The van der Waals surface area contributed by atoms with Crippen LogP contribution in [0.1, 0.15) is 32.6 Å². The summed E-state index contributed by atoms with van der Waals surface area (Å²) in [6, 6.07) is 0. The highest BCUT2D eigenvalue weighted by atomic mass is 16.2. The number of carbonyl (C=O) groups is 1. The standard InChI is InChI=1S/C13H25N3O/c1-13(10-14)5-8-15(11-13)9-12(17)16-6-3-2-4-7-16/h2-11,14H2,1H3. The van der Waals surface area contributed by atoms with Crippen molar-refractivity contribution < 1.29 is 4.79 Å². The monoisotopic (exact) mass is 239 g/mol. The molecule has 98 valence electrons. The lowest BCUT2D eigenvalue weighted by Gasteiger charge is -2.29. The summed E-state index contributed by atoms with van der Waals surface area (Å²) in [5, 5.41) is 0. The van der Waals surface area contributed by atoms with Gasteiger partial charge in [0.05, 0.1) is 6.54 Å². The summed E-state index contributed by atoms with van der Waals surface area (Å²) in [6.45, 7) is 7.45. The molecule has 2 heterocycles. The molecular weight excluding hydrogens is 214 g/mol. The highest BCUT2D eigenvalue weighted by Gasteiger charge is 2.33. The van der Waals surface area contributed by atoms with Gasteiger partial charge in [-0.25, -0.2) is 0 Å². The van der Waals surface area contributed by atoms with Crippen LogP contribution in [0, 0.1) is 5.41 Å². The van der Waals surface area contributed by atoms with Crippen molar-refractivity contribution in [2.24, 2.45) is 11.1 Å². The summed E-state index contributed by atoms with van der Waals surface area (Å²) >= 11 is 0. The number of carbonyl (C=O) groups excluding carboxylic acids is 1. The topological polar surface area (TPSA) is 49.6 Å². The van der Waals surface area contributed by atoms with Crippen molar-refractivity contribution in [3.63, 3.8) is 0 Å². The molecule has 0 saturated carbocycles. The van der Waals surface area contributed by atoms with Crippen molar-refractivity contribution in [3.05, 3.63) is 0 Å². The predicted molar refractivity (Wildman–Crippen MR) is 68.6 cm³/mol. The maximum Gasteiger partial charge on any atom is 0.236 e. The van der Waals surface area contributed by atoms with Gasteiger partial charge in [0, 0.05) is 19.6 Å². The minimum Gasteiger partial charge on any atom is -0.342 e. The van der Waals surface area contributed by atoms with Crippen LogP contribution < -0.4 is 5.73 Å². The van der Waals surface area contributed by atoms with Gasteiger partial charge < -0.3 is 10.6 Å². The Hall–Kier alpha value is -0.610. The minimum absolute atomic E-state index is 0.224. The van der Waals surface area contributed by atoms with E-state index in [0.717, 1.165) is 39.1 Å². The summed E-state index contributed by atoms with van der Waals surface area (Å²) in [7, 11) is 0. The van der Waals surface area contributed by atoms with Gasteiger partial charge in [-0.15, -0.1) is 0 Å². The first kappa shape index (κ1) is 12.8. The number of amides is 1. The Balaban J connectivity index is 1.79. The van der Waals surface area contributed by atoms with E-state index in [0.29, 0.717) is 12.5 Å². The van der Waals surface area contributed by atoms with Crippen molar-refractivity contribution in [3.8, 4) is 0 Å². The molecule has 2 aliphatic heterocycles. The van der Waals surface area contributed by atoms with Gasteiger partial charge in [-0.1, -0.05) is 6.92 Å². The summed E-state index contributed by atoms with van der Waals surface area (Å²) in [5.74, 6) is 0.311. The third-order valence-corrected chi connectivity index (χ3v) is 4.20. The molecule has 1 unspecified atom stereocenters. The lowest BCUT2D eigenvalue weighted by molar-refractivity contribution is -0.133. The van der Waals surface area contributed by atoms with E-state index in [-0.39, 0.29) is 5.41 Å². The fourth-order valence-electron chi connectivity index (χ4n) is 2.86. The second kappa shape index (κ2) is 5.36. The largest absolute Gasteiger partial charge is 0.342 e. The Morgan fingerprint density at radius 3 is 2.53 bits per heavy atom. The van der Waals surface area contributed by atoms with Crippen LogP contribution in [0.15, 0.2) is 0 Å². The lowest BCUT2D eigenvalue weighted by atomic mass is 9.90. The first-order valence-corrected chi connectivity index (χ1v) is 6.83. The summed E-state index contributed by atoms with van der Waals surface area (Å²) in [4.78, 5) is 16.4. The molecule has 2 saturated heterocycles. The van der Waals surface area contributed by atoms with Gasteiger partial charge in [-0.2, -0.15) is 0 Å². The molecule has 17 heavy (non-hydrogen) atoms. The molecule has 4 nitrogen and oxygen atoms in total. The van der Waals surface area contributed by atoms with Crippen molar-refractivity contribution in [2.45, 2.75) is 32.6 Å². The third kappa shape index (κ3) is 3.19. The Labute approximate surface area is 104 Å². The lowest BCUT2D eigenvalue weighted by Crippen LogP contribution is -2.43. The van der Waals surface area contributed by atoms with E-state index in [2.05, 4.69) is 11.8 Å². The van der Waals surface area contributed by atoms with Crippen LogP contribution in [0.4, 0.5) is 0 Å². The zero-order chi connectivity index (χ0) is 12.3. The van der Waals surface area contributed by atoms with E-state index in [9.17, 15) is 4.79 Å². The summed E-state index contributed by atoms with van der Waals surface area (Å²) < 4.78 is 0. The third-order valence-electron chi connectivity index (χ3n) is 4.20. The normalized spacial score (nSPS) is 30.8. The molecule has 2 fully saturated rings. The quantitative estimate of drug-likeness (QED) is 0.787. The molecule has 0 aromatic carbocycles. The number of rotatable bonds is 3. The van der Waals surface area contributed by atoms with Crippen LogP contribution >= 0.6 is 0 Å². The molecule has 4 heteroatoms. The molecule has 2 rings (SSSR count). The first-order valence-electron chi connectivity index (χ1n) is 6.83. The average molecular weight is 239 g/mol. The van der Waals surface area contributed by atoms with E-state index in [1.165, 1.54) is 19.3 Å². The molecule has 2 aliphatic rings. The van der Waals surface area contributed by atoms with E-state index >= 15 is 0 Å². The van der Waals surface area contributed by atoms with Crippen molar-refractivity contribution in [1.82, 2.24) is 9.80 Å².